The van der Waals surface area contributed by atoms with Crippen molar-refractivity contribution in [2.24, 2.45) is 5.73 Å². The summed E-state index contributed by atoms with van der Waals surface area (Å²) < 4.78 is 0. The van der Waals surface area contributed by atoms with Crippen LogP contribution in [0.5, 0.6) is 0 Å². The van der Waals surface area contributed by atoms with E-state index >= 15 is 0 Å². The van der Waals surface area contributed by atoms with Crippen molar-refractivity contribution in [1.29, 1.82) is 0 Å². The number of nitrogens with zero attached hydrogens (tertiary/aromatic N) is 3. The minimum atomic E-state index is -0.360. The topological polar surface area (TPSA) is 84.1 Å². The first kappa shape index (κ1) is 19.2. The number of nitrogens with one attached hydrogen (secondary N) is 1. The van der Waals surface area contributed by atoms with Crippen LogP contribution >= 0.6 is 11.3 Å². The van der Waals surface area contributed by atoms with Crippen molar-refractivity contribution in [2.75, 3.05) is 24.5 Å². The summed E-state index contributed by atoms with van der Waals surface area (Å²) in [5.74, 6) is 1.33. The smallest absolute Gasteiger partial charge is 0.236 e. The number of aromatic nitrogens is 2. The van der Waals surface area contributed by atoms with E-state index < -0.39 is 0 Å². The largest absolute Gasteiger partial charge is 0.368 e. The molecule has 1 aliphatic heterocycles. The van der Waals surface area contributed by atoms with Crippen LogP contribution in [-0.4, -0.2) is 41.6 Å². The second kappa shape index (κ2) is 8.16. The number of nitrogens with two attached hydrogens (primary N) is 1. The zero-order valence-electron chi connectivity index (χ0n) is 16.8. The molecule has 1 saturated heterocycles. The van der Waals surface area contributed by atoms with Crippen LogP contribution < -0.4 is 16.0 Å². The molecule has 1 aliphatic carbocycles. The van der Waals surface area contributed by atoms with Crippen LogP contribution in [0.4, 0.5) is 5.82 Å². The summed E-state index contributed by atoms with van der Waals surface area (Å²) in [7, 11) is 0. The number of benzene rings is 1. The number of aryl methyl sites for hydroxylation is 2. The van der Waals surface area contributed by atoms with E-state index in [-0.39, 0.29) is 11.9 Å². The number of hydrogen-bond acceptors (Lipinski definition) is 6. The first-order chi connectivity index (χ1) is 14.7. The fourth-order valence-electron chi connectivity index (χ4n) is 4.33. The standard InChI is InChI=1S/C23H25N5OS/c24-21(29)17-14-28(13-12-25-17)22-20-16-8-4-5-9-18(16)30-23(20)27-19(26-22)11-10-15-6-2-1-3-7-15/h1-3,6-7,10-11,17,25H,4-5,8-9,12-14H2,(H2,24,29). The number of anilines is 1. The van der Waals surface area contributed by atoms with Crippen molar-refractivity contribution in [2.45, 2.75) is 31.7 Å². The first-order valence-corrected chi connectivity index (χ1v) is 11.3. The molecule has 3 N–H and O–H groups in total. The SMILES string of the molecule is NC(=O)C1CN(c2nc(C=Cc3ccccc3)nc3sc4c(c23)CCCC4)CCN1. The molecule has 1 fully saturated rings. The van der Waals surface area contributed by atoms with Gasteiger partial charge in [-0.15, -0.1) is 11.3 Å². The van der Waals surface area contributed by atoms with Crippen LogP contribution in [0.2, 0.25) is 0 Å². The average Bonchev–Trinajstić information content (AvgIpc) is 3.16. The summed E-state index contributed by atoms with van der Waals surface area (Å²) in [5, 5.41) is 4.39. The van der Waals surface area contributed by atoms with Gasteiger partial charge in [-0.3, -0.25) is 4.79 Å². The van der Waals surface area contributed by atoms with Gasteiger partial charge in [0.05, 0.1) is 5.39 Å². The molecule has 6 nitrogen and oxygen atoms in total. The lowest BCUT2D eigenvalue weighted by atomic mass is 9.96. The van der Waals surface area contributed by atoms with Crippen molar-refractivity contribution < 1.29 is 4.79 Å². The molecule has 2 aromatic heterocycles. The molecule has 1 amide bonds. The Morgan fingerprint density at radius 3 is 2.83 bits per heavy atom. The molecule has 3 aromatic rings. The second-order valence-electron chi connectivity index (χ2n) is 7.90. The molecule has 1 atom stereocenters. The highest BCUT2D eigenvalue weighted by Gasteiger charge is 2.28. The summed E-state index contributed by atoms with van der Waals surface area (Å²) in [5.41, 5.74) is 8.10. The van der Waals surface area contributed by atoms with Crippen LogP contribution in [0.1, 0.15) is 34.7 Å². The van der Waals surface area contributed by atoms with Gasteiger partial charge in [-0.25, -0.2) is 9.97 Å². The van der Waals surface area contributed by atoms with Gasteiger partial charge in [0, 0.05) is 24.5 Å². The average molecular weight is 420 g/mol. The molecule has 7 heteroatoms. The van der Waals surface area contributed by atoms with E-state index in [4.69, 9.17) is 15.7 Å². The fourth-order valence-corrected chi connectivity index (χ4v) is 5.59. The predicted molar refractivity (Wildman–Crippen MR) is 123 cm³/mol. The van der Waals surface area contributed by atoms with E-state index in [9.17, 15) is 4.79 Å². The van der Waals surface area contributed by atoms with Crippen LogP contribution in [0, 0.1) is 0 Å². The quantitative estimate of drug-likeness (QED) is 0.679. The zero-order chi connectivity index (χ0) is 20.5. The van der Waals surface area contributed by atoms with Crippen LogP contribution in [0.25, 0.3) is 22.4 Å². The summed E-state index contributed by atoms with van der Waals surface area (Å²) in [6, 6.07) is 9.82. The first-order valence-electron chi connectivity index (χ1n) is 10.5. The molecular weight excluding hydrogens is 394 g/mol. The van der Waals surface area contributed by atoms with Crippen molar-refractivity contribution in [1.82, 2.24) is 15.3 Å². The number of hydrogen-bond donors (Lipinski definition) is 2. The van der Waals surface area contributed by atoms with E-state index in [2.05, 4.69) is 22.3 Å². The van der Waals surface area contributed by atoms with Gasteiger partial charge in [0.2, 0.25) is 5.91 Å². The molecule has 0 radical (unpaired) electrons. The van der Waals surface area contributed by atoms with Crippen molar-refractivity contribution in [3.05, 3.63) is 52.2 Å². The van der Waals surface area contributed by atoms with E-state index in [1.807, 2.05) is 30.4 Å². The highest BCUT2D eigenvalue weighted by molar-refractivity contribution is 7.19. The summed E-state index contributed by atoms with van der Waals surface area (Å²) >= 11 is 1.80. The number of carbonyl (C=O) groups is 1. The Morgan fingerprint density at radius 2 is 2.00 bits per heavy atom. The van der Waals surface area contributed by atoms with Crippen LogP contribution in [0.15, 0.2) is 30.3 Å². The van der Waals surface area contributed by atoms with Crippen LogP contribution in [-0.2, 0) is 17.6 Å². The van der Waals surface area contributed by atoms with Crippen molar-refractivity contribution in [3.63, 3.8) is 0 Å². The molecule has 154 valence electrons. The van der Waals surface area contributed by atoms with Crippen molar-refractivity contribution >= 4 is 45.4 Å². The maximum absolute atomic E-state index is 11.8. The van der Waals surface area contributed by atoms with E-state index in [0.717, 1.165) is 35.6 Å². The maximum atomic E-state index is 11.8. The predicted octanol–water partition coefficient (Wildman–Crippen LogP) is 3.00. The molecular formula is C23H25N5OS. The molecule has 5 rings (SSSR count). The van der Waals surface area contributed by atoms with Crippen LogP contribution in [0.3, 0.4) is 0 Å². The lowest BCUT2D eigenvalue weighted by molar-refractivity contribution is -0.120. The lowest BCUT2D eigenvalue weighted by Gasteiger charge is -2.33. The van der Waals surface area contributed by atoms with E-state index in [0.29, 0.717) is 18.9 Å². The van der Waals surface area contributed by atoms with Gasteiger partial charge in [-0.2, -0.15) is 0 Å². The van der Waals surface area contributed by atoms with E-state index in [1.54, 1.807) is 11.3 Å². The minimum Gasteiger partial charge on any atom is -0.368 e. The Bertz CT molecular complexity index is 1110. The third kappa shape index (κ3) is 3.70. The molecule has 1 unspecified atom stereocenters. The Morgan fingerprint density at radius 1 is 1.17 bits per heavy atom. The van der Waals surface area contributed by atoms with E-state index in [1.165, 1.54) is 28.7 Å². The number of piperazine rings is 1. The Balaban J connectivity index is 1.60. The zero-order valence-corrected chi connectivity index (χ0v) is 17.6. The number of primary amides is 1. The molecule has 2 aliphatic rings. The van der Waals surface area contributed by atoms with Gasteiger partial charge in [-0.1, -0.05) is 36.4 Å². The molecule has 1 aromatic carbocycles. The van der Waals surface area contributed by atoms with Crippen molar-refractivity contribution in [3.8, 4) is 0 Å². The Hall–Kier alpha value is -2.77. The Labute approximate surface area is 179 Å². The number of amides is 1. The number of rotatable bonds is 4. The second-order valence-corrected chi connectivity index (χ2v) is 8.98. The lowest BCUT2D eigenvalue weighted by Crippen LogP contribution is -2.56. The molecule has 0 bridgehead atoms. The summed E-state index contributed by atoms with van der Waals surface area (Å²) in [4.78, 5) is 26.4. The third-order valence-corrected chi connectivity index (χ3v) is 7.04. The van der Waals surface area contributed by atoms with Gasteiger partial charge >= 0.3 is 0 Å². The molecule has 30 heavy (non-hydrogen) atoms. The minimum absolute atomic E-state index is 0.318. The highest BCUT2D eigenvalue weighted by Crippen LogP contribution is 2.40. The summed E-state index contributed by atoms with van der Waals surface area (Å²) in [6.45, 7) is 2.04. The van der Waals surface area contributed by atoms with Gasteiger partial charge in [0.15, 0.2) is 5.82 Å². The van der Waals surface area contributed by atoms with Gasteiger partial charge in [0.25, 0.3) is 0 Å². The van der Waals surface area contributed by atoms with Gasteiger partial charge in [0.1, 0.15) is 16.7 Å². The Kier molecular flexibility index (Phi) is 5.23. The maximum Gasteiger partial charge on any atom is 0.236 e. The third-order valence-electron chi connectivity index (χ3n) is 5.86. The fraction of sp³-hybridized carbons (Fsp3) is 0.348. The number of carbonyl (C=O) groups excluding carboxylic acids is 1. The monoisotopic (exact) mass is 419 g/mol. The molecule has 0 saturated carbocycles. The van der Waals surface area contributed by atoms with Gasteiger partial charge < -0.3 is 16.0 Å². The van der Waals surface area contributed by atoms with Gasteiger partial charge in [-0.05, 0) is 42.9 Å². The molecule has 0 spiro atoms. The summed E-state index contributed by atoms with van der Waals surface area (Å²) in [6.07, 6.45) is 8.67. The molecule has 3 heterocycles. The highest BCUT2D eigenvalue weighted by atomic mass is 32.1. The number of fused-ring (bicyclic) bond motifs is 3. The normalized spacial score (nSPS) is 19.3. The number of thiophene rings is 1.